The molecule has 0 bridgehead atoms. The van der Waals surface area contributed by atoms with Crippen LogP contribution >= 0.6 is 0 Å². The van der Waals surface area contributed by atoms with Crippen molar-refractivity contribution in [1.29, 1.82) is 0 Å². The first-order valence-electron chi connectivity index (χ1n) is 6.19. The van der Waals surface area contributed by atoms with Crippen LogP contribution in [-0.2, 0) is 0 Å². The second-order valence-electron chi connectivity index (χ2n) is 5.89. The predicted molar refractivity (Wildman–Crippen MR) is 66.2 cm³/mol. The number of rotatable bonds is 1. The van der Waals surface area contributed by atoms with Crippen LogP contribution in [0.5, 0.6) is 0 Å². The zero-order valence-corrected chi connectivity index (χ0v) is 11.0. The lowest BCUT2D eigenvalue weighted by molar-refractivity contribution is 0.103. The van der Waals surface area contributed by atoms with Gasteiger partial charge in [-0.05, 0) is 45.4 Å². The maximum absolute atomic E-state index is 13.8. The third kappa shape index (κ3) is 2.54. The summed E-state index contributed by atoms with van der Waals surface area (Å²) < 4.78 is 27.1. The average Bonchev–Trinajstić information content (AvgIpc) is 2.63. The third-order valence-corrected chi connectivity index (χ3v) is 3.46. The van der Waals surface area contributed by atoms with E-state index in [-0.39, 0.29) is 11.6 Å². The molecule has 1 aromatic rings. The fraction of sp³-hybridized carbons (Fsp3) is 0.571. The van der Waals surface area contributed by atoms with Crippen LogP contribution in [0.4, 0.5) is 8.78 Å². The van der Waals surface area contributed by atoms with E-state index >= 15 is 0 Å². The van der Waals surface area contributed by atoms with Crippen LogP contribution < -0.4 is 0 Å². The Bertz CT molecular complexity index is 442. The standard InChI is InChI=1S/C14H19F2NO/c1-14(2,3)17-8-10(18)7-13(17)11-6-9(15)4-5-12(11)16/h4-6,10,13,18H,7-8H2,1-3H3/t10-,13?/m1/s1. The Morgan fingerprint density at radius 1 is 1.28 bits per heavy atom. The fourth-order valence-electron chi connectivity index (χ4n) is 2.62. The highest BCUT2D eigenvalue weighted by Gasteiger charge is 2.39. The van der Waals surface area contributed by atoms with Gasteiger partial charge in [-0.3, -0.25) is 4.90 Å². The van der Waals surface area contributed by atoms with Crippen LogP contribution in [0.25, 0.3) is 0 Å². The lowest BCUT2D eigenvalue weighted by Crippen LogP contribution is -2.41. The monoisotopic (exact) mass is 255 g/mol. The first-order chi connectivity index (χ1) is 8.29. The Balaban J connectivity index is 2.39. The fourth-order valence-corrected chi connectivity index (χ4v) is 2.62. The van der Waals surface area contributed by atoms with E-state index in [4.69, 9.17) is 0 Å². The normalized spacial score (nSPS) is 25.7. The van der Waals surface area contributed by atoms with E-state index in [1.807, 2.05) is 25.7 Å². The highest BCUT2D eigenvalue weighted by Crippen LogP contribution is 2.38. The molecule has 1 aliphatic heterocycles. The molecule has 0 saturated carbocycles. The lowest BCUT2D eigenvalue weighted by atomic mass is 9.98. The number of nitrogens with zero attached hydrogens (tertiary/aromatic N) is 1. The van der Waals surface area contributed by atoms with Crippen LogP contribution in [-0.4, -0.2) is 28.2 Å². The SMILES string of the molecule is CC(C)(C)N1C[C@H](O)CC1c1cc(F)ccc1F. The minimum absolute atomic E-state index is 0.194. The molecule has 18 heavy (non-hydrogen) atoms. The topological polar surface area (TPSA) is 23.5 Å². The Hall–Kier alpha value is -1.00. The lowest BCUT2D eigenvalue weighted by Gasteiger charge is -2.37. The van der Waals surface area contributed by atoms with Gasteiger partial charge in [-0.15, -0.1) is 0 Å². The van der Waals surface area contributed by atoms with Gasteiger partial charge in [0.2, 0.25) is 0 Å². The number of aliphatic hydroxyl groups excluding tert-OH is 1. The van der Waals surface area contributed by atoms with E-state index in [0.717, 1.165) is 12.1 Å². The molecule has 2 nitrogen and oxygen atoms in total. The molecule has 1 N–H and O–H groups in total. The van der Waals surface area contributed by atoms with Crippen LogP contribution in [0.2, 0.25) is 0 Å². The largest absolute Gasteiger partial charge is 0.392 e. The molecular formula is C14H19F2NO. The van der Waals surface area contributed by atoms with Crippen molar-refractivity contribution in [3.05, 3.63) is 35.4 Å². The highest BCUT2D eigenvalue weighted by atomic mass is 19.1. The highest BCUT2D eigenvalue weighted by molar-refractivity contribution is 5.24. The van der Waals surface area contributed by atoms with Gasteiger partial charge in [-0.1, -0.05) is 0 Å². The van der Waals surface area contributed by atoms with Gasteiger partial charge in [-0.2, -0.15) is 0 Å². The van der Waals surface area contributed by atoms with Gasteiger partial charge in [0, 0.05) is 23.7 Å². The molecule has 1 unspecified atom stereocenters. The van der Waals surface area contributed by atoms with Gasteiger partial charge in [0.25, 0.3) is 0 Å². The number of hydrogen-bond acceptors (Lipinski definition) is 2. The van der Waals surface area contributed by atoms with E-state index in [0.29, 0.717) is 18.5 Å². The van der Waals surface area contributed by atoms with Gasteiger partial charge in [0.05, 0.1) is 6.10 Å². The van der Waals surface area contributed by atoms with Crippen molar-refractivity contribution in [1.82, 2.24) is 4.90 Å². The summed E-state index contributed by atoms with van der Waals surface area (Å²) in [5, 5.41) is 9.80. The third-order valence-electron chi connectivity index (χ3n) is 3.46. The quantitative estimate of drug-likeness (QED) is 0.834. The second-order valence-corrected chi connectivity index (χ2v) is 5.89. The molecule has 0 amide bonds. The Kier molecular flexibility index (Phi) is 3.43. The number of likely N-dealkylation sites (tertiary alicyclic amines) is 1. The van der Waals surface area contributed by atoms with Gasteiger partial charge >= 0.3 is 0 Å². The van der Waals surface area contributed by atoms with Crippen molar-refractivity contribution in [2.75, 3.05) is 6.54 Å². The van der Waals surface area contributed by atoms with E-state index in [1.54, 1.807) is 0 Å². The summed E-state index contributed by atoms with van der Waals surface area (Å²) in [6.07, 6.45) is -0.0469. The van der Waals surface area contributed by atoms with Crippen molar-refractivity contribution in [2.24, 2.45) is 0 Å². The van der Waals surface area contributed by atoms with Crippen molar-refractivity contribution in [3.63, 3.8) is 0 Å². The zero-order chi connectivity index (χ0) is 13.5. The van der Waals surface area contributed by atoms with Gasteiger partial charge in [0.15, 0.2) is 0 Å². The smallest absolute Gasteiger partial charge is 0.128 e. The molecule has 100 valence electrons. The maximum atomic E-state index is 13.8. The molecule has 1 fully saturated rings. The predicted octanol–water partition coefficient (Wildman–Crippen LogP) is 2.87. The van der Waals surface area contributed by atoms with Gasteiger partial charge in [-0.25, -0.2) is 8.78 Å². The molecule has 0 aliphatic carbocycles. The van der Waals surface area contributed by atoms with Crippen LogP contribution in [0.15, 0.2) is 18.2 Å². The minimum Gasteiger partial charge on any atom is -0.392 e. The number of halogens is 2. The maximum Gasteiger partial charge on any atom is 0.128 e. The van der Waals surface area contributed by atoms with Gasteiger partial charge in [0.1, 0.15) is 11.6 Å². The summed E-state index contributed by atoms with van der Waals surface area (Å²) in [4.78, 5) is 2.02. The zero-order valence-electron chi connectivity index (χ0n) is 11.0. The van der Waals surface area contributed by atoms with E-state index in [1.165, 1.54) is 6.07 Å². The summed E-state index contributed by atoms with van der Waals surface area (Å²) in [6, 6.07) is 3.23. The Labute approximate surface area is 106 Å². The summed E-state index contributed by atoms with van der Waals surface area (Å²) in [5.74, 6) is -0.855. The summed E-state index contributed by atoms with van der Waals surface area (Å²) >= 11 is 0. The number of benzene rings is 1. The van der Waals surface area contributed by atoms with Gasteiger partial charge < -0.3 is 5.11 Å². The average molecular weight is 255 g/mol. The Morgan fingerprint density at radius 3 is 2.56 bits per heavy atom. The van der Waals surface area contributed by atoms with Crippen molar-refractivity contribution >= 4 is 0 Å². The van der Waals surface area contributed by atoms with Crippen molar-refractivity contribution in [3.8, 4) is 0 Å². The molecule has 2 atom stereocenters. The molecular weight excluding hydrogens is 236 g/mol. The first kappa shape index (κ1) is 13.4. The number of aliphatic hydroxyl groups is 1. The molecule has 2 rings (SSSR count). The number of β-amino-alcohol motifs (C(OH)–C–C–N with tert-alkyl or cyclic N) is 1. The summed E-state index contributed by atoms with van der Waals surface area (Å²) in [6.45, 7) is 6.52. The molecule has 0 spiro atoms. The molecule has 4 heteroatoms. The molecule has 0 aromatic heterocycles. The Morgan fingerprint density at radius 2 is 1.94 bits per heavy atom. The molecule has 1 aliphatic rings. The molecule has 1 heterocycles. The van der Waals surface area contributed by atoms with E-state index in [9.17, 15) is 13.9 Å². The second kappa shape index (κ2) is 4.59. The minimum atomic E-state index is -0.489. The summed E-state index contributed by atoms with van der Waals surface area (Å²) in [5.41, 5.74) is 0.141. The van der Waals surface area contributed by atoms with Crippen molar-refractivity contribution < 1.29 is 13.9 Å². The van der Waals surface area contributed by atoms with E-state index in [2.05, 4.69) is 0 Å². The molecule has 1 saturated heterocycles. The van der Waals surface area contributed by atoms with Crippen LogP contribution in [0.1, 0.15) is 38.8 Å². The molecule has 0 radical (unpaired) electrons. The van der Waals surface area contributed by atoms with Crippen LogP contribution in [0.3, 0.4) is 0 Å². The summed E-state index contributed by atoms with van der Waals surface area (Å²) in [7, 11) is 0. The van der Waals surface area contributed by atoms with Crippen molar-refractivity contribution in [2.45, 2.75) is 44.9 Å². The molecule has 1 aromatic carbocycles. The first-order valence-corrected chi connectivity index (χ1v) is 6.19. The van der Waals surface area contributed by atoms with Crippen LogP contribution in [0, 0.1) is 11.6 Å². The van der Waals surface area contributed by atoms with E-state index < -0.39 is 17.7 Å². The number of hydrogen-bond donors (Lipinski definition) is 1.